The number of hydrogen-bond donors (Lipinski definition) is 1. The highest BCUT2D eigenvalue weighted by molar-refractivity contribution is 5.70. The zero-order valence-electron chi connectivity index (χ0n) is 19.3. The number of rotatable bonds is 18. The maximum absolute atomic E-state index is 10.5. The minimum absolute atomic E-state index is 0.136. The summed E-state index contributed by atoms with van der Waals surface area (Å²) in [5.41, 5.74) is 0. The molecule has 0 aromatic carbocycles. The predicted octanol–water partition coefficient (Wildman–Crippen LogP) is 4.07. The third-order valence-corrected chi connectivity index (χ3v) is 5.50. The van der Waals surface area contributed by atoms with Crippen molar-refractivity contribution in [3.8, 4) is 0 Å². The number of hydrogen-bond acceptors (Lipinski definition) is 4. The lowest BCUT2D eigenvalue weighted by Gasteiger charge is -2.37. The van der Waals surface area contributed by atoms with Crippen LogP contribution in [0.3, 0.4) is 0 Å². The molecule has 0 spiro atoms. The zero-order valence-corrected chi connectivity index (χ0v) is 19.3. The van der Waals surface area contributed by atoms with Gasteiger partial charge in [0.1, 0.15) is 12.5 Å². The molecule has 0 saturated heterocycles. The van der Waals surface area contributed by atoms with Crippen LogP contribution in [0.2, 0.25) is 0 Å². The van der Waals surface area contributed by atoms with Crippen LogP contribution in [-0.2, 0) is 9.53 Å². The monoisotopic (exact) mass is 443 g/mol. The first-order chi connectivity index (χ1) is 14.2. The molecule has 0 aliphatic rings. The molecule has 5 nitrogen and oxygen atoms in total. The van der Waals surface area contributed by atoms with Crippen LogP contribution >= 0.6 is 0 Å². The molecule has 182 valence electrons. The summed E-state index contributed by atoms with van der Waals surface area (Å²) in [6.45, 7) is 13.0. The van der Waals surface area contributed by atoms with E-state index in [4.69, 9.17) is 19.7 Å². The predicted molar refractivity (Wildman–Crippen MR) is 112 cm³/mol. The third-order valence-electron chi connectivity index (χ3n) is 5.50. The number of carbonyl (C=O) groups excluding carboxylic acids is 1. The first-order valence-corrected chi connectivity index (χ1v) is 11.5. The number of ether oxygens (including phenoxy) is 1. The molecule has 0 heterocycles. The van der Waals surface area contributed by atoms with E-state index in [9.17, 15) is 13.2 Å². The van der Waals surface area contributed by atoms with E-state index in [2.05, 4.69) is 20.8 Å². The summed E-state index contributed by atoms with van der Waals surface area (Å²) in [4.78, 5) is 8.78. The summed E-state index contributed by atoms with van der Waals surface area (Å²) in [7, 11) is 0. The second kappa shape index (κ2) is 20.1. The van der Waals surface area contributed by atoms with Crippen molar-refractivity contribution in [1.29, 1.82) is 0 Å². The molecule has 0 aliphatic heterocycles. The molecule has 0 aromatic rings. The number of aliphatic carboxylic acids is 1. The SMILES string of the molecule is CCCCCCCCCCCC[N+](CC)(CC)CCOCCO.O=C([O-])C(F)(F)F. The van der Waals surface area contributed by atoms with Gasteiger partial charge in [0.05, 0.1) is 39.5 Å². The van der Waals surface area contributed by atoms with Crippen molar-refractivity contribution in [2.75, 3.05) is 46.0 Å². The number of carbonyl (C=O) groups is 1. The lowest BCUT2D eigenvalue weighted by molar-refractivity contribution is -0.925. The molecule has 0 aromatic heterocycles. The highest BCUT2D eigenvalue weighted by Crippen LogP contribution is 2.14. The second-order valence-electron chi connectivity index (χ2n) is 7.72. The maximum Gasteiger partial charge on any atom is 0.430 e. The maximum atomic E-state index is 10.5. The van der Waals surface area contributed by atoms with E-state index in [0.717, 1.165) is 13.2 Å². The smallest absolute Gasteiger partial charge is 0.430 e. The number of carboxylic acids is 1. The van der Waals surface area contributed by atoms with E-state index in [1.54, 1.807) is 0 Å². The summed E-state index contributed by atoms with van der Waals surface area (Å²) >= 11 is 0. The Bertz CT molecular complexity index is 389. The van der Waals surface area contributed by atoms with Gasteiger partial charge >= 0.3 is 6.18 Å². The number of nitrogens with zero attached hydrogens (tertiary/aromatic N) is 1. The van der Waals surface area contributed by atoms with Crippen molar-refractivity contribution >= 4 is 5.97 Å². The molecule has 0 fully saturated rings. The number of likely N-dealkylation sites (N-methyl/N-ethyl adjacent to an activating group) is 1. The van der Waals surface area contributed by atoms with E-state index in [1.165, 1.54) is 88.3 Å². The molecule has 0 atom stereocenters. The number of halogens is 3. The van der Waals surface area contributed by atoms with Crippen molar-refractivity contribution in [3.05, 3.63) is 0 Å². The molecule has 1 N–H and O–H groups in total. The Morgan fingerprint density at radius 3 is 1.63 bits per heavy atom. The first kappa shape index (κ1) is 31.3. The molecule has 8 heteroatoms. The van der Waals surface area contributed by atoms with Crippen LogP contribution in [0.4, 0.5) is 13.2 Å². The minimum atomic E-state index is -5.19. The van der Waals surface area contributed by atoms with Gasteiger partial charge in [-0.1, -0.05) is 58.3 Å². The van der Waals surface area contributed by atoms with Crippen LogP contribution in [0, 0.1) is 0 Å². The van der Waals surface area contributed by atoms with Crippen LogP contribution in [0.5, 0.6) is 0 Å². The number of alkyl halides is 3. The van der Waals surface area contributed by atoms with Crippen molar-refractivity contribution in [2.45, 2.75) is 91.2 Å². The summed E-state index contributed by atoms with van der Waals surface area (Å²) < 4.78 is 38.2. The third kappa shape index (κ3) is 19.1. The van der Waals surface area contributed by atoms with Gasteiger partial charge in [0.2, 0.25) is 0 Å². The number of quaternary nitrogens is 1. The Labute approximate surface area is 181 Å². The van der Waals surface area contributed by atoms with Crippen molar-refractivity contribution in [2.24, 2.45) is 0 Å². The fourth-order valence-corrected chi connectivity index (χ4v) is 3.33. The van der Waals surface area contributed by atoms with E-state index in [1.807, 2.05) is 0 Å². The van der Waals surface area contributed by atoms with Gasteiger partial charge in [-0.2, -0.15) is 13.2 Å². The lowest BCUT2D eigenvalue weighted by atomic mass is 10.1. The Morgan fingerprint density at radius 2 is 1.27 bits per heavy atom. The summed E-state index contributed by atoms with van der Waals surface area (Å²) in [5.74, 6) is -3.01. The molecule has 0 radical (unpaired) electrons. The second-order valence-corrected chi connectivity index (χ2v) is 7.72. The highest BCUT2D eigenvalue weighted by atomic mass is 19.4. The minimum Gasteiger partial charge on any atom is -0.542 e. The average Bonchev–Trinajstić information content (AvgIpc) is 2.71. The molecule has 0 unspecified atom stereocenters. The van der Waals surface area contributed by atoms with Gasteiger partial charge in [0, 0.05) is 0 Å². The quantitative estimate of drug-likeness (QED) is 0.256. The molecule has 30 heavy (non-hydrogen) atoms. The molecule has 0 aliphatic carbocycles. The van der Waals surface area contributed by atoms with Crippen molar-refractivity contribution < 1.29 is 37.4 Å². The van der Waals surface area contributed by atoms with Gasteiger partial charge in [0.25, 0.3) is 0 Å². The van der Waals surface area contributed by atoms with E-state index in [-0.39, 0.29) is 6.61 Å². The summed E-state index contributed by atoms with van der Waals surface area (Å²) in [6, 6.07) is 0. The van der Waals surface area contributed by atoms with Gasteiger partial charge < -0.3 is 24.2 Å². The van der Waals surface area contributed by atoms with Crippen molar-refractivity contribution in [3.63, 3.8) is 0 Å². The van der Waals surface area contributed by atoms with E-state index >= 15 is 0 Å². The fourth-order valence-electron chi connectivity index (χ4n) is 3.33. The Hall–Kier alpha value is -0.860. The van der Waals surface area contributed by atoms with Gasteiger partial charge in [-0.15, -0.1) is 0 Å². The van der Waals surface area contributed by atoms with Gasteiger partial charge in [-0.05, 0) is 26.7 Å². The largest absolute Gasteiger partial charge is 0.542 e. The van der Waals surface area contributed by atoms with Crippen LogP contribution in [0.25, 0.3) is 0 Å². The Kier molecular flexibility index (Phi) is 21.0. The van der Waals surface area contributed by atoms with Gasteiger partial charge in [-0.25, -0.2) is 0 Å². The summed E-state index contributed by atoms with van der Waals surface area (Å²) in [6.07, 6.45) is 8.85. The van der Waals surface area contributed by atoms with Crippen LogP contribution in [-0.4, -0.2) is 67.7 Å². The van der Waals surface area contributed by atoms with E-state index in [0.29, 0.717) is 6.61 Å². The molecular formula is C22H44F3NO4. The lowest BCUT2D eigenvalue weighted by Crippen LogP contribution is -2.50. The van der Waals surface area contributed by atoms with Crippen LogP contribution < -0.4 is 5.11 Å². The first-order valence-electron chi connectivity index (χ1n) is 11.5. The van der Waals surface area contributed by atoms with E-state index < -0.39 is 12.1 Å². The Morgan fingerprint density at radius 1 is 0.833 bits per heavy atom. The average molecular weight is 444 g/mol. The normalized spacial score (nSPS) is 11.8. The Balaban J connectivity index is 0. The van der Waals surface area contributed by atoms with Crippen molar-refractivity contribution in [1.82, 2.24) is 0 Å². The molecule has 0 saturated carbocycles. The number of unbranched alkanes of at least 4 members (excludes halogenated alkanes) is 9. The van der Waals surface area contributed by atoms with Gasteiger partial charge in [0.15, 0.2) is 0 Å². The molecular weight excluding hydrogens is 399 g/mol. The number of aliphatic hydroxyl groups is 1. The molecule has 0 rings (SSSR count). The number of carboxylic acid groups (broad SMARTS) is 1. The summed E-state index contributed by atoms with van der Waals surface area (Å²) in [5, 5.41) is 17.6. The topological polar surface area (TPSA) is 69.6 Å². The molecule has 0 amide bonds. The standard InChI is InChI=1S/C20H44NO2.C2HF3O2/c1-4-7-8-9-10-11-12-13-14-15-16-21(5-2,6-3)17-19-23-20-18-22;3-2(4,5)1(6)7/h22H,4-20H2,1-3H3;(H,6,7)/q+1;/p-1. The van der Waals surface area contributed by atoms with Crippen LogP contribution in [0.15, 0.2) is 0 Å². The molecule has 0 bridgehead atoms. The van der Waals surface area contributed by atoms with Crippen LogP contribution in [0.1, 0.15) is 85.0 Å². The highest BCUT2D eigenvalue weighted by Gasteiger charge is 2.28. The van der Waals surface area contributed by atoms with Gasteiger partial charge in [-0.3, -0.25) is 0 Å². The number of aliphatic hydroxyl groups excluding tert-OH is 1. The fraction of sp³-hybridized carbons (Fsp3) is 0.955. The zero-order chi connectivity index (χ0) is 23.3.